The van der Waals surface area contributed by atoms with Crippen molar-refractivity contribution in [2.45, 2.75) is 0 Å². The molecular weight excluding hydrogens is 252 g/mol. The van der Waals surface area contributed by atoms with Crippen molar-refractivity contribution in [2.75, 3.05) is 38.2 Å². The van der Waals surface area contributed by atoms with E-state index in [9.17, 15) is 14.9 Å². The summed E-state index contributed by atoms with van der Waals surface area (Å²) in [5.74, 6) is 0.361. The fraction of sp³-hybridized carbons (Fsp3) is 0.400. The van der Waals surface area contributed by atoms with E-state index in [1.54, 1.807) is 14.1 Å². The van der Waals surface area contributed by atoms with Crippen LogP contribution in [0.5, 0.6) is 0 Å². The Labute approximate surface area is 109 Å². The topological polar surface area (TPSA) is 126 Å². The highest BCUT2D eigenvalue weighted by Crippen LogP contribution is 2.18. The predicted molar refractivity (Wildman–Crippen MR) is 70.9 cm³/mol. The summed E-state index contributed by atoms with van der Waals surface area (Å²) in [6, 6.07) is 2.25. The van der Waals surface area contributed by atoms with E-state index in [0.29, 0.717) is 18.9 Å². The maximum atomic E-state index is 11.2. The minimum Gasteiger partial charge on any atom is -0.383 e. The average molecular weight is 268 g/mol. The number of rotatable bonds is 5. The Morgan fingerprint density at radius 1 is 1.47 bits per heavy atom. The van der Waals surface area contributed by atoms with Crippen LogP contribution in [0, 0.1) is 10.1 Å². The Kier molecular flexibility index (Phi) is 4.86. The van der Waals surface area contributed by atoms with Crippen molar-refractivity contribution < 1.29 is 9.72 Å². The number of pyridine rings is 1. The summed E-state index contributed by atoms with van der Waals surface area (Å²) in [5, 5.41) is 16.1. The fourth-order valence-electron chi connectivity index (χ4n) is 1.25. The zero-order chi connectivity index (χ0) is 14.4. The molecule has 1 heterocycles. The molecule has 0 aliphatic heterocycles. The molecule has 0 fully saturated rings. The van der Waals surface area contributed by atoms with E-state index in [4.69, 9.17) is 5.73 Å². The lowest BCUT2D eigenvalue weighted by atomic mass is 10.3. The molecule has 9 nitrogen and oxygen atoms in total. The van der Waals surface area contributed by atoms with E-state index in [0.717, 1.165) is 0 Å². The summed E-state index contributed by atoms with van der Waals surface area (Å²) in [6.07, 6.45) is 0. The largest absolute Gasteiger partial charge is 0.383 e. The lowest BCUT2D eigenvalue weighted by Crippen LogP contribution is -2.37. The third-order valence-electron chi connectivity index (χ3n) is 2.15. The number of carbonyl (C=O) groups is 1. The van der Waals surface area contributed by atoms with Crippen LogP contribution in [0.3, 0.4) is 0 Å². The van der Waals surface area contributed by atoms with E-state index in [2.05, 4.69) is 15.6 Å². The molecule has 0 aliphatic rings. The number of nitrogens with zero attached hydrogens (tertiary/aromatic N) is 3. The number of urea groups is 1. The van der Waals surface area contributed by atoms with Gasteiger partial charge in [0.1, 0.15) is 11.6 Å². The zero-order valence-electron chi connectivity index (χ0n) is 10.7. The highest BCUT2D eigenvalue weighted by atomic mass is 16.6. The molecule has 0 aromatic carbocycles. The van der Waals surface area contributed by atoms with Crippen molar-refractivity contribution in [3.8, 4) is 0 Å². The number of nitrogen functional groups attached to an aromatic ring is 1. The summed E-state index contributed by atoms with van der Waals surface area (Å²) >= 11 is 0. The first-order chi connectivity index (χ1) is 8.90. The highest BCUT2D eigenvalue weighted by molar-refractivity contribution is 5.73. The summed E-state index contributed by atoms with van der Waals surface area (Å²) in [7, 11) is 3.26. The quantitative estimate of drug-likeness (QED) is 0.399. The van der Waals surface area contributed by atoms with E-state index in [1.165, 1.54) is 17.0 Å². The number of nitrogens with one attached hydrogen (secondary N) is 2. The normalized spacial score (nSPS) is 9.79. The number of anilines is 2. The molecule has 0 saturated carbocycles. The van der Waals surface area contributed by atoms with Gasteiger partial charge in [0.2, 0.25) is 0 Å². The van der Waals surface area contributed by atoms with Crippen LogP contribution in [-0.4, -0.2) is 48.0 Å². The van der Waals surface area contributed by atoms with Gasteiger partial charge in [-0.1, -0.05) is 0 Å². The van der Waals surface area contributed by atoms with Crippen LogP contribution in [0.25, 0.3) is 0 Å². The van der Waals surface area contributed by atoms with Gasteiger partial charge in [-0.3, -0.25) is 10.1 Å². The Balaban J connectivity index is 2.49. The first-order valence-corrected chi connectivity index (χ1v) is 5.51. The molecule has 1 aromatic heterocycles. The van der Waals surface area contributed by atoms with E-state index in [1.807, 2.05) is 0 Å². The number of hydrogen-bond donors (Lipinski definition) is 3. The lowest BCUT2D eigenvalue weighted by Gasteiger charge is -2.12. The van der Waals surface area contributed by atoms with Crippen molar-refractivity contribution in [3.05, 3.63) is 22.2 Å². The SMILES string of the molecule is CN(C)C(=O)NCCNc1cc([N+](=O)[O-])cc(N)n1. The molecule has 0 unspecified atom stereocenters. The van der Waals surface area contributed by atoms with Crippen LogP contribution < -0.4 is 16.4 Å². The van der Waals surface area contributed by atoms with Crippen LogP contribution in [0.15, 0.2) is 12.1 Å². The highest BCUT2D eigenvalue weighted by Gasteiger charge is 2.09. The molecule has 104 valence electrons. The maximum Gasteiger partial charge on any atom is 0.316 e. The standard InChI is InChI=1S/C10H16N6O3/c1-15(2)10(17)13-4-3-12-9-6-7(16(18)19)5-8(11)14-9/h5-6H,3-4H2,1-2H3,(H,13,17)(H3,11,12,14). The Hall–Kier alpha value is -2.58. The van der Waals surface area contributed by atoms with Gasteiger partial charge in [-0.25, -0.2) is 9.78 Å². The van der Waals surface area contributed by atoms with Crippen molar-refractivity contribution in [2.24, 2.45) is 0 Å². The van der Waals surface area contributed by atoms with Gasteiger partial charge in [-0.2, -0.15) is 0 Å². The molecule has 1 rings (SSSR count). The van der Waals surface area contributed by atoms with Gasteiger partial charge in [0, 0.05) is 27.2 Å². The Morgan fingerprint density at radius 2 is 2.16 bits per heavy atom. The molecule has 0 saturated heterocycles. The number of nitrogens with two attached hydrogens (primary N) is 1. The minimum absolute atomic E-state index is 0.0639. The monoisotopic (exact) mass is 268 g/mol. The van der Waals surface area contributed by atoms with Gasteiger partial charge in [0.25, 0.3) is 5.69 Å². The first kappa shape index (κ1) is 14.5. The smallest absolute Gasteiger partial charge is 0.316 e. The van der Waals surface area contributed by atoms with Gasteiger partial charge >= 0.3 is 6.03 Å². The molecule has 2 amide bonds. The molecule has 19 heavy (non-hydrogen) atoms. The van der Waals surface area contributed by atoms with E-state index >= 15 is 0 Å². The van der Waals surface area contributed by atoms with E-state index < -0.39 is 4.92 Å². The van der Waals surface area contributed by atoms with Crippen LogP contribution in [0.1, 0.15) is 0 Å². The van der Waals surface area contributed by atoms with Crippen LogP contribution in [-0.2, 0) is 0 Å². The summed E-state index contributed by atoms with van der Waals surface area (Å²) in [5.41, 5.74) is 5.33. The number of nitro groups is 1. The van der Waals surface area contributed by atoms with Gasteiger partial charge in [-0.05, 0) is 0 Å². The van der Waals surface area contributed by atoms with E-state index in [-0.39, 0.29) is 17.5 Å². The second kappa shape index (κ2) is 6.38. The second-order valence-corrected chi connectivity index (χ2v) is 3.95. The molecule has 0 bridgehead atoms. The molecular formula is C10H16N6O3. The van der Waals surface area contributed by atoms with Crippen molar-refractivity contribution in [3.63, 3.8) is 0 Å². The molecule has 0 atom stereocenters. The zero-order valence-corrected chi connectivity index (χ0v) is 10.7. The molecule has 9 heteroatoms. The average Bonchev–Trinajstić information content (AvgIpc) is 2.33. The van der Waals surface area contributed by atoms with Gasteiger partial charge in [0.15, 0.2) is 0 Å². The van der Waals surface area contributed by atoms with Crippen molar-refractivity contribution >= 4 is 23.4 Å². The summed E-state index contributed by atoms with van der Waals surface area (Å²) < 4.78 is 0. The Morgan fingerprint density at radius 3 is 2.74 bits per heavy atom. The number of aromatic nitrogens is 1. The predicted octanol–water partition coefficient (Wildman–Crippen LogP) is 0.255. The molecule has 0 radical (unpaired) electrons. The summed E-state index contributed by atoms with van der Waals surface area (Å²) in [6.45, 7) is 0.745. The first-order valence-electron chi connectivity index (χ1n) is 5.51. The van der Waals surface area contributed by atoms with Crippen molar-refractivity contribution in [1.29, 1.82) is 0 Å². The van der Waals surface area contributed by atoms with Gasteiger partial charge in [0.05, 0.1) is 17.1 Å². The van der Waals surface area contributed by atoms with Crippen LogP contribution in [0.4, 0.5) is 22.1 Å². The fourth-order valence-corrected chi connectivity index (χ4v) is 1.25. The van der Waals surface area contributed by atoms with Crippen LogP contribution >= 0.6 is 0 Å². The third-order valence-corrected chi connectivity index (χ3v) is 2.15. The number of amides is 2. The van der Waals surface area contributed by atoms with Gasteiger partial charge in [-0.15, -0.1) is 0 Å². The minimum atomic E-state index is -0.545. The van der Waals surface area contributed by atoms with Crippen molar-refractivity contribution in [1.82, 2.24) is 15.2 Å². The third kappa shape index (κ3) is 4.66. The molecule has 1 aromatic rings. The second-order valence-electron chi connectivity index (χ2n) is 3.95. The number of carbonyl (C=O) groups excluding carboxylic acids is 1. The summed E-state index contributed by atoms with van der Waals surface area (Å²) in [4.78, 5) is 26.6. The number of hydrogen-bond acceptors (Lipinski definition) is 6. The Bertz CT molecular complexity index is 476. The molecule has 4 N–H and O–H groups in total. The molecule has 0 aliphatic carbocycles. The van der Waals surface area contributed by atoms with Gasteiger partial charge < -0.3 is 21.3 Å². The van der Waals surface area contributed by atoms with Crippen LogP contribution in [0.2, 0.25) is 0 Å². The maximum absolute atomic E-state index is 11.2. The molecule has 0 spiro atoms. The lowest BCUT2D eigenvalue weighted by molar-refractivity contribution is -0.384.